The number of hydrogen-bond donors (Lipinski definition) is 3. The number of aliphatic carboxylic acids is 1. The molecule has 2 amide bonds. The van der Waals surface area contributed by atoms with E-state index in [1.807, 2.05) is 6.92 Å². The lowest BCUT2D eigenvalue weighted by molar-refractivity contribution is -0.144. The summed E-state index contributed by atoms with van der Waals surface area (Å²) in [5, 5.41) is 14.7. The summed E-state index contributed by atoms with van der Waals surface area (Å²) in [6.45, 7) is 2.76. The Morgan fingerprint density at radius 2 is 1.95 bits per heavy atom. The van der Waals surface area contributed by atoms with E-state index in [4.69, 9.17) is 0 Å². The van der Waals surface area contributed by atoms with E-state index in [9.17, 15) is 18.9 Å². The molecule has 0 radical (unpaired) electrons. The lowest BCUT2D eigenvalue weighted by Crippen LogP contribution is -2.42. The van der Waals surface area contributed by atoms with Gasteiger partial charge in [-0.3, -0.25) is 9.00 Å². The Bertz CT molecular complexity index is 389. The van der Waals surface area contributed by atoms with Gasteiger partial charge in [-0.1, -0.05) is 19.8 Å². The van der Waals surface area contributed by atoms with Crippen LogP contribution in [-0.2, 0) is 15.6 Å². The Hall–Kier alpha value is -1.11. The van der Waals surface area contributed by atoms with Crippen LogP contribution in [0.25, 0.3) is 0 Å². The Kier molecular flexibility index (Phi) is 7.71. The first-order valence-corrected chi connectivity index (χ1v) is 9.10. The van der Waals surface area contributed by atoms with Crippen molar-refractivity contribution >= 4 is 22.8 Å². The van der Waals surface area contributed by atoms with Gasteiger partial charge in [0.15, 0.2) is 0 Å². The third-order valence-corrected chi connectivity index (χ3v) is 5.52. The molecule has 0 heterocycles. The van der Waals surface area contributed by atoms with Crippen LogP contribution in [0.2, 0.25) is 0 Å². The minimum Gasteiger partial charge on any atom is -0.481 e. The number of hydrogen-bond acceptors (Lipinski definition) is 3. The smallest absolute Gasteiger partial charge is 0.314 e. The van der Waals surface area contributed by atoms with Gasteiger partial charge in [0.25, 0.3) is 0 Å². The minimum atomic E-state index is -0.880. The van der Waals surface area contributed by atoms with Gasteiger partial charge < -0.3 is 15.7 Å². The molecule has 0 saturated heterocycles. The molecule has 3 N–H and O–H groups in total. The summed E-state index contributed by atoms with van der Waals surface area (Å²) in [5.74, 6) is -1.09. The average molecular weight is 318 g/mol. The van der Waals surface area contributed by atoms with E-state index in [2.05, 4.69) is 10.6 Å². The highest BCUT2D eigenvalue weighted by atomic mass is 32.2. The number of carbonyl (C=O) groups is 2. The Labute approximate surface area is 128 Å². The summed E-state index contributed by atoms with van der Waals surface area (Å²) in [5.41, 5.74) is 0. The molecule has 0 aromatic rings. The highest BCUT2D eigenvalue weighted by Gasteiger charge is 2.30. The van der Waals surface area contributed by atoms with Crippen molar-refractivity contribution in [3.8, 4) is 0 Å². The van der Waals surface area contributed by atoms with Crippen LogP contribution in [0.1, 0.15) is 39.0 Å². The van der Waals surface area contributed by atoms with E-state index < -0.39 is 16.8 Å². The number of urea groups is 1. The van der Waals surface area contributed by atoms with Gasteiger partial charge in [-0.15, -0.1) is 0 Å². The van der Waals surface area contributed by atoms with Gasteiger partial charge in [0.2, 0.25) is 0 Å². The van der Waals surface area contributed by atoms with Crippen LogP contribution in [-0.4, -0.2) is 45.9 Å². The van der Waals surface area contributed by atoms with E-state index in [1.165, 1.54) is 0 Å². The fourth-order valence-corrected chi connectivity index (χ4v) is 3.07. The normalized spacial score (nSPS) is 24.9. The van der Waals surface area contributed by atoms with Crippen molar-refractivity contribution in [2.24, 2.45) is 11.8 Å². The largest absolute Gasteiger partial charge is 0.481 e. The molecule has 1 rings (SSSR count). The predicted octanol–water partition coefficient (Wildman–Crippen LogP) is 1.33. The molecule has 21 heavy (non-hydrogen) atoms. The maximum absolute atomic E-state index is 11.7. The molecule has 0 aromatic heterocycles. The van der Waals surface area contributed by atoms with Crippen molar-refractivity contribution in [3.63, 3.8) is 0 Å². The summed E-state index contributed by atoms with van der Waals surface area (Å²) in [6, 6.07) is -0.279. The number of amides is 2. The van der Waals surface area contributed by atoms with Crippen LogP contribution in [0.4, 0.5) is 4.79 Å². The van der Waals surface area contributed by atoms with Crippen molar-refractivity contribution in [2.75, 3.05) is 19.3 Å². The highest BCUT2D eigenvalue weighted by Crippen LogP contribution is 2.29. The van der Waals surface area contributed by atoms with Gasteiger partial charge in [0.1, 0.15) is 0 Å². The Balaban J connectivity index is 2.25. The third kappa shape index (κ3) is 6.46. The first-order chi connectivity index (χ1) is 9.91. The Morgan fingerprint density at radius 3 is 2.57 bits per heavy atom. The zero-order chi connectivity index (χ0) is 15.8. The number of carboxylic acid groups (broad SMARTS) is 1. The lowest BCUT2D eigenvalue weighted by atomic mass is 9.79. The fourth-order valence-electron chi connectivity index (χ4n) is 2.62. The third-order valence-electron chi connectivity index (χ3n) is 4.15. The Morgan fingerprint density at radius 1 is 1.29 bits per heavy atom. The van der Waals surface area contributed by atoms with Crippen molar-refractivity contribution in [3.05, 3.63) is 0 Å². The van der Waals surface area contributed by atoms with Crippen molar-refractivity contribution in [2.45, 2.75) is 44.3 Å². The van der Waals surface area contributed by atoms with E-state index in [0.717, 1.165) is 19.3 Å². The minimum absolute atomic E-state index is 0.0177. The second-order valence-corrected chi connectivity index (χ2v) is 7.53. The molecule has 4 unspecified atom stereocenters. The molecule has 1 saturated carbocycles. The average Bonchev–Trinajstić information content (AvgIpc) is 2.45. The lowest BCUT2D eigenvalue weighted by Gasteiger charge is -2.28. The van der Waals surface area contributed by atoms with Crippen LogP contribution in [0, 0.1) is 11.8 Å². The number of rotatable bonds is 7. The van der Waals surface area contributed by atoms with Crippen LogP contribution >= 0.6 is 0 Å². The maximum Gasteiger partial charge on any atom is 0.314 e. The van der Waals surface area contributed by atoms with E-state index in [1.54, 1.807) is 6.26 Å². The molecule has 122 valence electrons. The molecular weight excluding hydrogens is 292 g/mol. The SMILES string of the molecule is CC(CCNC(=O)NCC1CCCCC1C(=O)O)S(C)=O. The molecule has 0 aliphatic heterocycles. The van der Waals surface area contributed by atoms with E-state index in [-0.39, 0.29) is 23.1 Å². The van der Waals surface area contributed by atoms with Crippen LogP contribution in [0.5, 0.6) is 0 Å². The van der Waals surface area contributed by atoms with Crippen molar-refractivity contribution in [1.29, 1.82) is 0 Å². The zero-order valence-corrected chi connectivity index (χ0v) is 13.6. The van der Waals surface area contributed by atoms with Crippen LogP contribution in [0.15, 0.2) is 0 Å². The molecule has 4 atom stereocenters. The first-order valence-electron chi connectivity index (χ1n) is 7.48. The molecule has 7 heteroatoms. The molecule has 1 aliphatic rings. The molecule has 0 bridgehead atoms. The second-order valence-electron chi connectivity index (χ2n) is 5.72. The number of nitrogens with one attached hydrogen (secondary N) is 2. The summed E-state index contributed by atoms with van der Waals surface area (Å²) < 4.78 is 11.2. The second kappa shape index (κ2) is 9.02. The number of carboxylic acids is 1. The summed E-state index contributed by atoms with van der Waals surface area (Å²) >= 11 is 0. The van der Waals surface area contributed by atoms with Crippen LogP contribution < -0.4 is 10.6 Å². The molecule has 1 aliphatic carbocycles. The molecular formula is C14H26N2O4S. The van der Waals surface area contributed by atoms with Gasteiger partial charge >= 0.3 is 12.0 Å². The first kappa shape index (κ1) is 17.9. The summed E-state index contributed by atoms with van der Waals surface area (Å²) in [4.78, 5) is 22.8. The van der Waals surface area contributed by atoms with E-state index >= 15 is 0 Å². The number of carbonyl (C=O) groups excluding carboxylic acids is 1. The van der Waals surface area contributed by atoms with Gasteiger partial charge in [0, 0.05) is 35.4 Å². The standard InChI is InChI=1S/C14H26N2O4S/c1-10(21(2)20)7-8-15-14(19)16-9-11-5-3-4-6-12(11)13(17)18/h10-12H,3-9H2,1-2H3,(H,17,18)(H2,15,16,19). The topological polar surface area (TPSA) is 95.5 Å². The molecule has 0 spiro atoms. The highest BCUT2D eigenvalue weighted by molar-refractivity contribution is 7.84. The quantitative estimate of drug-likeness (QED) is 0.660. The fraction of sp³-hybridized carbons (Fsp3) is 0.857. The summed E-state index contributed by atoms with van der Waals surface area (Å²) in [6.07, 6.45) is 5.84. The molecule has 0 aromatic carbocycles. The van der Waals surface area contributed by atoms with E-state index in [0.29, 0.717) is 25.9 Å². The monoisotopic (exact) mass is 318 g/mol. The van der Waals surface area contributed by atoms with Gasteiger partial charge in [0.05, 0.1) is 5.92 Å². The van der Waals surface area contributed by atoms with Gasteiger partial charge in [-0.05, 0) is 25.2 Å². The van der Waals surface area contributed by atoms with Crippen molar-refractivity contribution in [1.82, 2.24) is 10.6 Å². The van der Waals surface area contributed by atoms with Crippen LogP contribution in [0.3, 0.4) is 0 Å². The molecule has 1 fully saturated rings. The zero-order valence-electron chi connectivity index (χ0n) is 12.8. The van der Waals surface area contributed by atoms with Gasteiger partial charge in [-0.25, -0.2) is 4.79 Å². The van der Waals surface area contributed by atoms with Gasteiger partial charge in [-0.2, -0.15) is 0 Å². The van der Waals surface area contributed by atoms with Crippen molar-refractivity contribution < 1.29 is 18.9 Å². The maximum atomic E-state index is 11.7. The molecule has 6 nitrogen and oxygen atoms in total. The summed E-state index contributed by atoms with van der Waals surface area (Å²) in [7, 11) is -0.880. The predicted molar refractivity (Wildman–Crippen MR) is 82.6 cm³/mol.